The zero-order valence-corrected chi connectivity index (χ0v) is 48.4. The summed E-state index contributed by atoms with van der Waals surface area (Å²) < 4.78 is 2.75. The number of anilines is 2. The molecule has 5 unspecified atom stereocenters. The van der Waals surface area contributed by atoms with Crippen molar-refractivity contribution in [2.45, 2.75) is 248 Å². The minimum absolute atomic E-state index is 0.0490. The fourth-order valence-electron chi connectivity index (χ4n) is 13.0. The van der Waals surface area contributed by atoms with E-state index in [0.717, 1.165) is 62.2 Å². The average Bonchev–Trinajstić information content (AvgIpc) is 3.93. The maximum atomic E-state index is 13.0. The minimum Gasteiger partial charge on any atom is -0.494 e. The molecule has 1 saturated carbocycles. The number of carbonyl (C=O) groups excluding carboxylic acids is 4. The van der Waals surface area contributed by atoms with E-state index in [4.69, 9.17) is 0 Å². The third-order valence-corrected chi connectivity index (χ3v) is 17.1. The number of unbranched alkanes of at least 4 members (excludes halogenated alkanes) is 18. The van der Waals surface area contributed by atoms with Gasteiger partial charge < -0.3 is 30.2 Å². The van der Waals surface area contributed by atoms with Gasteiger partial charge in [-0.1, -0.05) is 176 Å². The van der Waals surface area contributed by atoms with E-state index in [2.05, 4.69) is 34.6 Å². The molecule has 5 atom stereocenters. The Labute approximate surface area is 453 Å². The van der Waals surface area contributed by atoms with Crippen molar-refractivity contribution in [1.82, 2.24) is 14.0 Å². The van der Waals surface area contributed by atoms with E-state index in [0.29, 0.717) is 44.7 Å². The van der Waals surface area contributed by atoms with Crippen LogP contribution in [-0.2, 0) is 32.8 Å². The molecule has 4 amide bonds. The van der Waals surface area contributed by atoms with Gasteiger partial charge in [0.2, 0.25) is 23.6 Å². The van der Waals surface area contributed by atoms with Gasteiger partial charge in [-0.05, 0) is 86.4 Å². The second-order valence-electron chi connectivity index (χ2n) is 24.0. The van der Waals surface area contributed by atoms with Crippen LogP contribution in [0, 0.1) is 35.0 Å². The molecule has 1 aliphatic carbocycles. The van der Waals surface area contributed by atoms with Crippen LogP contribution < -0.4 is 9.80 Å². The van der Waals surface area contributed by atoms with Crippen molar-refractivity contribution in [2.75, 3.05) is 29.4 Å². The van der Waals surface area contributed by atoms with Crippen LogP contribution in [-0.4, -0.2) is 77.7 Å². The Morgan fingerprint density at radius 2 is 1.03 bits per heavy atom. The number of nitrogens with zero attached hydrogens (tertiary/aromatic N) is 5. The van der Waals surface area contributed by atoms with Crippen molar-refractivity contribution in [1.29, 1.82) is 0 Å². The van der Waals surface area contributed by atoms with Crippen LogP contribution in [0.1, 0.15) is 241 Å². The van der Waals surface area contributed by atoms with Crippen LogP contribution >= 0.6 is 0 Å². The number of hydrogen-bond acceptors (Lipinski definition) is 8. The van der Waals surface area contributed by atoms with Gasteiger partial charge in [-0.25, -0.2) is 0 Å². The van der Waals surface area contributed by atoms with Gasteiger partial charge in [-0.15, -0.1) is 0 Å². The van der Waals surface area contributed by atoms with Gasteiger partial charge in [-0.2, -0.15) is 0 Å². The van der Waals surface area contributed by atoms with E-state index in [1.54, 1.807) is 4.90 Å². The Morgan fingerprint density at radius 3 is 1.51 bits per heavy atom. The van der Waals surface area contributed by atoms with E-state index in [9.17, 15) is 39.6 Å². The highest BCUT2D eigenvalue weighted by molar-refractivity contribution is 6.12. The molecular formula is C62H105N5O8. The molecule has 4 rings (SSSR count). The molecule has 2 aromatic rings. The summed E-state index contributed by atoms with van der Waals surface area (Å²) in [7, 11) is 1.53. The van der Waals surface area contributed by atoms with E-state index in [-0.39, 0.29) is 64.2 Å². The summed E-state index contributed by atoms with van der Waals surface area (Å²) in [6.07, 6.45) is 39.5. The number of rotatable bonds is 39. The summed E-state index contributed by atoms with van der Waals surface area (Å²) in [6, 6.07) is 2.89. The molecule has 1 aliphatic heterocycles. The van der Waals surface area contributed by atoms with Crippen LogP contribution in [0.25, 0.3) is 0 Å². The Balaban J connectivity index is 1.26. The largest absolute Gasteiger partial charge is 0.494 e. The van der Waals surface area contributed by atoms with Gasteiger partial charge in [0.1, 0.15) is 11.4 Å². The Kier molecular flexibility index (Phi) is 27.8. The van der Waals surface area contributed by atoms with Gasteiger partial charge in [-0.3, -0.25) is 33.2 Å². The lowest BCUT2D eigenvalue weighted by molar-refractivity contribution is -0.136. The highest BCUT2D eigenvalue weighted by Gasteiger charge is 2.38. The maximum Gasteiger partial charge on any atom is 0.253 e. The molecule has 0 aromatic carbocycles. The molecule has 3 heterocycles. The molecule has 1 fully saturated rings. The van der Waals surface area contributed by atoms with E-state index in [1.165, 1.54) is 205 Å². The lowest BCUT2D eigenvalue weighted by atomic mass is 9.61. The number of imide groups is 1. The van der Waals surface area contributed by atoms with Gasteiger partial charge in [0.25, 0.3) is 11.8 Å². The topological polar surface area (TPSA) is 169 Å². The first kappa shape index (κ1) is 63.1. The summed E-state index contributed by atoms with van der Waals surface area (Å²) in [6.45, 7) is 15.4. The van der Waals surface area contributed by atoms with E-state index >= 15 is 0 Å². The molecular weight excluding hydrogens is 943 g/mol. The lowest BCUT2D eigenvalue weighted by Crippen LogP contribution is -2.38. The van der Waals surface area contributed by atoms with Gasteiger partial charge >= 0.3 is 0 Å². The first-order chi connectivity index (χ1) is 35.9. The van der Waals surface area contributed by atoms with Gasteiger partial charge in [0, 0.05) is 71.4 Å². The van der Waals surface area contributed by atoms with Crippen LogP contribution in [0.2, 0.25) is 0 Å². The molecule has 0 bridgehead atoms. The SMILES string of the molecule is CCCCCCCCC1C(CCCCCC)CCC(CCCCCCCCN2C(=O)C=CC2=O)C1CCCCCCCCn1c(O)cc(N(CCC(C)CC(C)(C)CN(C(C)=O)c2cc(O)n(C)c2O)C(C)=O)c1O. The summed E-state index contributed by atoms with van der Waals surface area (Å²) in [5.74, 6) is 2.24. The quantitative estimate of drug-likeness (QED) is 0.0379. The predicted octanol–water partition coefficient (Wildman–Crippen LogP) is 14.9. The molecule has 0 saturated heterocycles. The lowest BCUT2D eigenvalue weighted by Gasteiger charge is -2.44. The van der Waals surface area contributed by atoms with Crippen LogP contribution in [0.3, 0.4) is 0 Å². The van der Waals surface area contributed by atoms with Crippen LogP contribution in [0.5, 0.6) is 23.5 Å². The summed E-state index contributed by atoms with van der Waals surface area (Å²) in [5, 5.41) is 43.1. The molecule has 13 heteroatoms. The number of aromatic nitrogens is 2. The predicted molar refractivity (Wildman–Crippen MR) is 305 cm³/mol. The summed E-state index contributed by atoms with van der Waals surface area (Å²) in [5.41, 5.74) is 0.201. The molecule has 0 radical (unpaired) electrons. The van der Waals surface area contributed by atoms with Crippen molar-refractivity contribution < 1.29 is 39.6 Å². The molecule has 75 heavy (non-hydrogen) atoms. The number of amides is 4. The smallest absolute Gasteiger partial charge is 0.253 e. The monoisotopic (exact) mass is 1050 g/mol. The van der Waals surface area contributed by atoms with Gasteiger partial charge in [0.15, 0.2) is 11.8 Å². The number of carbonyl (C=O) groups is 4. The third kappa shape index (κ3) is 20.5. The van der Waals surface area contributed by atoms with Crippen molar-refractivity contribution in [3.8, 4) is 23.5 Å². The summed E-state index contributed by atoms with van der Waals surface area (Å²) in [4.78, 5) is 53.9. The molecule has 2 aromatic heterocycles. The van der Waals surface area contributed by atoms with Gasteiger partial charge in [0.05, 0.1) is 0 Å². The Hall–Kier alpha value is -4.42. The third-order valence-electron chi connectivity index (χ3n) is 17.1. The zero-order chi connectivity index (χ0) is 54.9. The molecule has 4 N–H and O–H groups in total. The highest BCUT2D eigenvalue weighted by atomic mass is 16.3. The summed E-state index contributed by atoms with van der Waals surface area (Å²) >= 11 is 0. The fraction of sp³-hybridized carbons (Fsp3) is 0.774. The van der Waals surface area contributed by atoms with Crippen molar-refractivity contribution in [2.24, 2.45) is 42.1 Å². The Bertz CT molecular complexity index is 2040. The van der Waals surface area contributed by atoms with E-state index in [1.807, 2.05) is 0 Å². The first-order valence-corrected chi connectivity index (χ1v) is 30.2. The Morgan fingerprint density at radius 1 is 0.600 bits per heavy atom. The minimum atomic E-state index is -0.371. The second-order valence-corrected chi connectivity index (χ2v) is 24.0. The molecule has 2 aliphatic rings. The van der Waals surface area contributed by atoms with Crippen LogP contribution in [0.15, 0.2) is 24.3 Å². The zero-order valence-electron chi connectivity index (χ0n) is 48.4. The molecule has 13 nitrogen and oxygen atoms in total. The second kappa shape index (κ2) is 33.0. The fourth-order valence-corrected chi connectivity index (χ4v) is 13.0. The number of hydrogen-bond donors (Lipinski definition) is 4. The molecule has 0 spiro atoms. The first-order valence-electron chi connectivity index (χ1n) is 30.2. The standard InChI is InChI=1S/C62H105N5O8/c1-9-11-13-15-21-27-33-52-50(31-25-14-12-10-2)35-36-51(32-26-20-16-18-23-29-40-65-56(70)37-38-57(65)71)53(52)34-28-22-17-19-24-30-41-66-59(73)44-55(61(66)75)64(48(4)68)42-39-47(3)45-62(6,7)46-67(49(5)69)54-43-58(72)63(8)60(54)74/h37-38,43-44,47,50-53,72-75H,9-36,39-42,45-46H2,1-8H3. The highest BCUT2D eigenvalue weighted by Crippen LogP contribution is 2.48. The van der Waals surface area contributed by atoms with E-state index < -0.39 is 0 Å². The van der Waals surface area contributed by atoms with Crippen molar-refractivity contribution in [3.05, 3.63) is 24.3 Å². The number of aromatic hydroxyl groups is 4. The van der Waals surface area contributed by atoms with Crippen molar-refractivity contribution in [3.63, 3.8) is 0 Å². The van der Waals surface area contributed by atoms with Crippen molar-refractivity contribution >= 4 is 35.0 Å². The molecule has 426 valence electrons. The normalized spacial score (nSPS) is 18.4. The van der Waals surface area contributed by atoms with Crippen LogP contribution in [0.4, 0.5) is 11.4 Å². The maximum absolute atomic E-state index is 13.0. The average molecular weight is 1050 g/mol.